The van der Waals surface area contributed by atoms with E-state index < -0.39 is 0 Å². The molecule has 1 unspecified atom stereocenters. The van der Waals surface area contributed by atoms with Crippen molar-refractivity contribution in [2.75, 3.05) is 38.7 Å². The van der Waals surface area contributed by atoms with Crippen LogP contribution < -0.4 is 10.1 Å². The molecule has 1 atom stereocenters. The third kappa shape index (κ3) is 5.49. The molecular formula is C28H31N5O3. The first-order valence-corrected chi connectivity index (χ1v) is 12.4. The molecule has 2 aliphatic heterocycles. The van der Waals surface area contributed by atoms with Crippen LogP contribution in [-0.4, -0.2) is 60.5 Å². The minimum absolute atomic E-state index is 0.0779. The van der Waals surface area contributed by atoms with Gasteiger partial charge >= 0.3 is 0 Å². The van der Waals surface area contributed by atoms with Crippen LogP contribution in [0.15, 0.2) is 54.7 Å². The van der Waals surface area contributed by atoms with Crippen molar-refractivity contribution in [1.82, 2.24) is 14.9 Å². The molecule has 36 heavy (non-hydrogen) atoms. The molecule has 8 nitrogen and oxygen atoms in total. The van der Waals surface area contributed by atoms with Crippen molar-refractivity contribution in [3.05, 3.63) is 65.9 Å². The minimum Gasteiger partial charge on any atom is -0.489 e. The van der Waals surface area contributed by atoms with Crippen molar-refractivity contribution >= 4 is 11.6 Å². The quantitative estimate of drug-likeness (QED) is 0.491. The lowest BCUT2D eigenvalue weighted by atomic mass is 10.0. The van der Waals surface area contributed by atoms with Gasteiger partial charge in [-0.3, -0.25) is 4.90 Å². The van der Waals surface area contributed by atoms with Crippen molar-refractivity contribution in [1.29, 1.82) is 5.26 Å². The Kier molecular flexibility index (Phi) is 7.42. The summed E-state index contributed by atoms with van der Waals surface area (Å²) in [7, 11) is 1.77. The zero-order chi connectivity index (χ0) is 24.9. The Bertz CT molecular complexity index is 1210. The largest absolute Gasteiger partial charge is 0.489 e. The van der Waals surface area contributed by atoms with Crippen LogP contribution >= 0.6 is 0 Å². The van der Waals surface area contributed by atoms with E-state index in [-0.39, 0.29) is 6.10 Å². The monoisotopic (exact) mass is 485 g/mol. The molecule has 0 saturated carbocycles. The Balaban J connectivity index is 1.26. The summed E-state index contributed by atoms with van der Waals surface area (Å²) in [6, 6.07) is 18.4. The lowest BCUT2D eigenvalue weighted by Crippen LogP contribution is -2.52. The van der Waals surface area contributed by atoms with Gasteiger partial charge in [0.25, 0.3) is 0 Å². The first-order chi connectivity index (χ1) is 17.6. The highest BCUT2D eigenvalue weighted by Crippen LogP contribution is 2.29. The van der Waals surface area contributed by atoms with Gasteiger partial charge in [0.2, 0.25) is 5.95 Å². The van der Waals surface area contributed by atoms with Crippen molar-refractivity contribution in [2.24, 2.45) is 0 Å². The number of anilines is 2. The lowest BCUT2D eigenvalue weighted by Gasteiger charge is -2.42. The second kappa shape index (κ2) is 11.0. The fourth-order valence-corrected chi connectivity index (χ4v) is 4.55. The molecule has 2 saturated heterocycles. The maximum atomic E-state index is 9.70. The maximum Gasteiger partial charge on any atom is 0.227 e. The van der Waals surface area contributed by atoms with E-state index in [1.54, 1.807) is 13.3 Å². The van der Waals surface area contributed by atoms with Gasteiger partial charge in [0.15, 0.2) is 0 Å². The fraction of sp³-hybridized carbons (Fsp3) is 0.393. The second-order valence-electron chi connectivity index (χ2n) is 9.25. The first-order valence-electron chi connectivity index (χ1n) is 12.4. The molecule has 2 fully saturated rings. The highest BCUT2D eigenvalue weighted by molar-refractivity contribution is 5.66. The Morgan fingerprint density at radius 2 is 1.86 bits per heavy atom. The highest BCUT2D eigenvalue weighted by Gasteiger charge is 2.30. The molecule has 3 aromatic rings. The van der Waals surface area contributed by atoms with E-state index in [1.165, 1.54) is 5.56 Å². The smallest absolute Gasteiger partial charge is 0.227 e. The van der Waals surface area contributed by atoms with E-state index in [0.717, 1.165) is 42.9 Å². The molecule has 5 rings (SSSR count). The number of hydrogen-bond acceptors (Lipinski definition) is 8. The van der Waals surface area contributed by atoms with Crippen LogP contribution in [0.5, 0.6) is 5.75 Å². The van der Waals surface area contributed by atoms with Gasteiger partial charge in [-0.2, -0.15) is 5.26 Å². The molecule has 0 amide bonds. The van der Waals surface area contributed by atoms with E-state index in [2.05, 4.69) is 45.3 Å². The molecule has 8 heteroatoms. The average molecular weight is 486 g/mol. The zero-order valence-corrected chi connectivity index (χ0v) is 20.7. The van der Waals surface area contributed by atoms with Crippen molar-refractivity contribution in [2.45, 2.75) is 38.0 Å². The number of nitrogens with zero attached hydrogens (tertiary/aromatic N) is 4. The Morgan fingerprint density at radius 3 is 2.58 bits per heavy atom. The summed E-state index contributed by atoms with van der Waals surface area (Å²) in [5, 5.41) is 13.0. The molecule has 0 spiro atoms. The van der Waals surface area contributed by atoms with Crippen LogP contribution in [-0.2, 0) is 9.47 Å². The van der Waals surface area contributed by atoms with Crippen LogP contribution in [0.25, 0.3) is 11.3 Å². The third-order valence-electron chi connectivity index (χ3n) is 6.92. The van der Waals surface area contributed by atoms with E-state index in [0.29, 0.717) is 42.6 Å². The van der Waals surface area contributed by atoms with Gasteiger partial charge in [-0.15, -0.1) is 0 Å². The van der Waals surface area contributed by atoms with Crippen LogP contribution in [0.4, 0.5) is 11.6 Å². The molecule has 0 bridgehead atoms. The van der Waals surface area contributed by atoms with Gasteiger partial charge in [-0.1, -0.05) is 12.1 Å². The zero-order valence-electron chi connectivity index (χ0n) is 20.7. The molecule has 0 radical (unpaired) electrons. The number of benzene rings is 2. The number of nitrogens with one attached hydrogen (secondary N) is 1. The summed E-state index contributed by atoms with van der Waals surface area (Å²) < 4.78 is 16.9. The molecule has 1 aromatic heterocycles. The maximum absolute atomic E-state index is 9.70. The van der Waals surface area contributed by atoms with Crippen LogP contribution in [0.2, 0.25) is 0 Å². The van der Waals surface area contributed by atoms with Crippen molar-refractivity contribution in [3.63, 3.8) is 0 Å². The summed E-state index contributed by atoms with van der Waals surface area (Å²) in [5.41, 5.74) is 4.24. The van der Waals surface area contributed by atoms with Crippen LogP contribution in [0.1, 0.15) is 36.9 Å². The average Bonchev–Trinajstić information content (AvgIpc) is 2.89. The summed E-state index contributed by atoms with van der Waals surface area (Å²) in [6.07, 6.45) is 3.81. The molecular weight excluding hydrogens is 454 g/mol. The van der Waals surface area contributed by atoms with E-state index in [4.69, 9.17) is 14.2 Å². The number of rotatable bonds is 8. The molecule has 186 valence electrons. The number of methoxy groups -OCH3 is 1. The lowest BCUT2D eigenvalue weighted by molar-refractivity contribution is -0.0479. The molecule has 3 heterocycles. The molecule has 1 N–H and O–H groups in total. The van der Waals surface area contributed by atoms with Crippen LogP contribution in [0.3, 0.4) is 0 Å². The second-order valence-corrected chi connectivity index (χ2v) is 9.25. The van der Waals surface area contributed by atoms with Gasteiger partial charge in [0.1, 0.15) is 17.9 Å². The number of ether oxygens (including phenoxy) is 3. The van der Waals surface area contributed by atoms with Gasteiger partial charge < -0.3 is 19.5 Å². The molecule has 2 aromatic carbocycles. The predicted molar refractivity (Wildman–Crippen MR) is 137 cm³/mol. The standard InChI is InChI=1S/C28H31N5O3/c1-19(33-17-25(18-33)34-2)20-3-6-23(7-4-20)31-28-30-12-9-26(32-28)21-5-8-27(22(15-21)16-29)36-24-10-13-35-14-11-24/h3-9,12,15,19,24-25H,10-11,13-14,17-18H2,1-2H3,(H,30,31,32). The van der Waals surface area contributed by atoms with Crippen molar-refractivity contribution in [3.8, 4) is 23.1 Å². The van der Waals surface area contributed by atoms with Gasteiger partial charge in [-0.05, 0) is 48.9 Å². The number of likely N-dealkylation sites (tertiary alicyclic amines) is 1. The van der Waals surface area contributed by atoms with Gasteiger partial charge in [-0.25, -0.2) is 9.97 Å². The summed E-state index contributed by atoms with van der Waals surface area (Å²) in [5.74, 6) is 1.10. The van der Waals surface area contributed by atoms with Gasteiger partial charge in [0, 0.05) is 56.5 Å². The Labute approximate surface area is 211 Å². The summed E-state index contributed by atoms with van der Waals surface area (Å²) >= 11 is 0. The normalized spacial score (nSPS) is 17.7. The third-order valence-corrected chi connectivity index (χ3v) is 6.92. The van der Waals surface area contributed by atoms with Gasteiger partial charge in [0.05, 0.1) is 30.6 Å². The Hall–Kier alpha value is -3.51. The summed E-state index contributed by atoms with van der Waals surface area (Å²) in [6.45, 7) is 5.53. The number of hydrogen-bond donors (Lipinski definition) is 1. The first kappa shape index (κ1) is 24.2. The predicted octanol–water partition coefficient (Wildman–Crippen LogP) is 4.71. The van der Waals surface area contributed by atoms with Crippen LogP contribution in [0, 0.1) is 11.3 Å². The van der Waals surface area contributed by atoms with Crippen molar-refractivity contribution < 1.29 is 14.2 Å². The summed E-state index contributed by atoms with van der Waals surface area (Å²) in [4.78, 5) is 11.5. The highest BCUT2D eigenvalue weighted by atomic mass is 16.5. The topological polar surface area (TPSA) is 92.5 Å². The molecule has 2 aliphatic rings. The SMILES string of the molecule is COC1CN(C(C)c2ccc(Nc3nccc(-c4ccc(OC5CCOCC5)c(C#N)c4)n3)cc2)C1. The Morgan fingerprint density at radius 1 is 1.08 bits per heavy atom. The van der Waals surface area contributed by atoms with E-state index in [1.807, 2.05) is 36.4 Å². The molecule has 0 aliphatic carbocycles. The van der Waals surface area contributed by atoms with E-state index >= 15 is 0 Å². The fourth-order valence-electron chi connectivity index (χ4n) is 4.55. The minimum atomic E-state index is 0.0779. The van der Waals surface area contributed by atoms with E-state index in [9.17, 15) is 5.26 Å². The number of aromatic nitrogens is 2. The number of nitriles is 1.